The fraction of sp³-hybridized carbons (Fsp3) is 0.111. The third kappa shape index (κ3) is 3.74. The van der Waals surface area contributed by atoms with Crippen LogP contribution in [-0.4, -0.2) is 13.0 Å². The van der Waals surface area contributed by atoms with E-state index >= 15 is 0 Å². The van der Waals surface area contributed by atoms with Gasteiger partial charge in [0.15, 0.2) is 0 Å². The van der Waals surface area contributed by atoms with E-state index in [9.17, 15) is 10.1 Å². The molecule has 0 saturated carbocycles. The van der Waals surface area contributed by atoms with Crippen molar-refractivity contribution >= 4 is 17.7 Å². The lowest BCUT2D eigenvalue weighted by Gasteiger charge is -2.10. The zero-order chi connectivity index (χ0) is 15.9. The molecular weight excluding hydrogens is 276 g/mol. The third-order valence-corrected chi connectivity index (χ3v) is 3.08. The molecule has 0 aliphatic heterocycles. The molecule has 2 aromatic carbocycles. The first kappa shape index (κ1) is 15.3. The van der Waals surface area contributed by atoms with Crippen LogP contribution in [-0.2, 0) is 4.79 Å². The van der Waals surface area contributed by atoms with Crippen molar-refractivity contribution in [1.29, 1.82) is 5.26 Å². The third-order valence-electron chi connectivity index (χ3n) is 3.08. The summed E-state index contributed by atoms with van der Waals surface area (Å²) in [7, 11) is 1.54. The van der Waals surface area contributed by atoms with Crippen molar-refractivity contribution in [3.8, 4) is 11.8 Å². The predicted octanol–water partition coefficient (Wildman–Crippen LogP) is 3.55. The lowest BCUT2D eigenvalue weighted by Crippen LogP contribution is -2.14. The molecule has 0 radical (unpaired) electrons. The van der Waals surface area contributed by atoms with E-state index in [1.807, 2.05) is 55.5 Å². The van der Waals surface area contributed by atoms with Crippen molar-refractivity contribution in [1.82, 2.24) is 0 Å². The molecule has 1 amide bonds. The maximum Gasteiger partial charge on any atom is 0.266 e. The van der Waals surface area contributed by atoms with Crippen molar-refractivity contribution in [2.75, 3.05) is 12.4 Å². The van der Waals surface area contributed by atoms with E-state index in [2.05, 4.69) is 5.32 Å². The van der Waals surface area contributed by atoms with Gasteiger partial charge in [-0.3, -0.25) is 4.79 Å². The maximum absolute atomic E-state index is 12.2. The number of hydrogen-bond acceptors (Lipinski definition) is 3. The van der Waals surface area contributed by atoms with Crippen LogP contribution in [0.4, 0.5) is 5.69 Å². The molecule has 110 valence electrons. The number of carbonyl (C=O) groups excluding carboxylic acids is 1. The molecule has 0 atom stereocenters. The number of nitriles is 1. The molecule has 0 aliphatic rings. The summed E-state index contributed by atoms with van der Waals surface area (Å²) < 4.78 is 5.24. The number of rotatable bonds is 4. The summed E-state index contributed by atoms with van der Waals surface area (Å²) in [6.07, 6.45) is 1.55. The molecule has 0 heterocycles. The minimum absolute atomic E-state index is 0.0360. The smallest absolute Gasteiger partial charge is 0.266 e. The zero-order valence-corrected chi connectivity index (χ0v) is 12.5. The number of carbonyl (C=O) groups is 1. The van der Waals surface area contributed by atoms with Gasteiger partial charge in [0, 0.05) is 0 Å². The Morgan fingerprint density at radius 2 is 1.95 bits per heavy atom. The number of nitrogens with one attached hydrogen (secondary N) is 1. The van der Waals surface area contributed by atoms with Crippen LogP contribution in [0.3, 0.4) is 0 Å². The second-order valence-electron chi connectivity index (χ2n) is 4.74. The van der Waals surface area contributed by atoms with E-state index in [-0.39, 0.29) is 5.57 Å². The van der Waals surface area contributed by atoms with Gasteiger partial charge in [-0.05, 0) is 36.3 Å². The summed E-state index contributed by atoms with van der Waals surface area (Å²) in [5.41, 5.74) is 2.39. The minimum Gasteiger partial charge on any atom is -0.495 e. The lowest BCUT2D eigenvalue weighted by atomic mass is 10.1. The molecule has 0 unspecified atom stereocenters. The van der Waals surface area contributed by atoms with Gasteiger partial charge in [0.2, 0.25) is 0 Å². The first-order valence-corrected chi connectivity index (χ1v) is 6.77. The van der Waals surface area contributed by atoms with Gasteiger partial charge >= 0.3 is 0 Å². The van der Waals surface area contributed by atoms with Crippen molar-refractivity contribution < 1.29 is 9.53 Å². The standard InChI is InChI=1S/C18H16N2O2/c1-13-8-9-16(17(10-13)22-2)20-18(21)15(12-19)11-14-6-4-3-5-7-14/h3-11H,1-2H3,(H,20,21)/b15-11+. The highest BCUT2D eigenvalue weighted by molar-refractivity contribution is 6.10. The average molecular weight is 292 g/mol. The Kier molecular flexibility index (Phi) is 4.94. The van der Waals surface area contributed by atoms with Gasteiger partial charge in [-0.2, -0.15) is 5.26 Å². The molecule has 0 fully saturated rings. The monoisotopic (exact) mass is 292 g/mol. The van der Waals surface area contributed by atoms with Crippen molar-refractivity contribution in [3.63, 3.8) is 0 Å². The predicted molar refractivity (Wildman–Crippen MR) is 86.4 cm³/mol. The van der Waals surface area contributed by atoms with Crippen LogP contribution in [0.5, 0.6) is 5.75 Å². The molecule has 2 aromatic rings. The summed E-state index contributed by atoms with van der Waals surface area (Å²) in [5.74, 6) is 0.0962. The highest BCUT2D eigenvalue weighted by Gasteiger charge is 2.12. The molecule has 0 saturated heterocycles. The van der Waals surface area contributed by atoms with Gasteiger partial charge in [-0.1, -0.05) is 36.4 Å². The fourth-order valence-electron chi connectivity index (χ4n) is 1.96. The molecule has 4 heteroatoms. The average Bonchev–Trinajstić information content (AvgIpc) is 2.55. The van der Waals surface area contributed by atoms with Gasteiger partial charge in [0.1, 0.15) is 17.4 Å². The highest BCUT2D eigenvalue weighted by Crippen LogP contribution is 2.25. The number of amides is 1. The van der Waals surface area contributed by atoms with E-state index in [1.54, 1.807) is 12.1 Å². The molecule has 1 N–H and O–H groups in total. The quantitative estimate of drug-likeness (QED) is 0.692. The molecule has 0 aromatic heterocycles. The molecule has 4 nitrogen and oxygen atoms in total. The second-order valence-corrected chi connectivity index (χ2v) is 4.74. The number of aryl methyl sites for hydroxylation is 1. The molecule has 0 bridgehead atoms. The Hall–Kier alpha value is -3.06. The van der Waals surface area contributed by atoms with Gasteiger partial charge in [0.05, 0.1) is 12.8 Å². The lowest BCUT2D eigenvalue weighted by molar-refractivity contribution is -0.112. The number of hydrogen-bond donors (Lipinski definition) is 1. The van der Waals surface area contributed by atoms with E-state index < -0.39 is 5.91 Å². The molecule has 0 aliphatic carbocycles. The van der Waals surface area contributed by atoms with E-state index in [4.69, 9.17) is 4.74 Å². The Bertz CT molecular complexity index is 743. The molecule has 2 rings (SSSR count). The number of anilines is 1. The van der Waals surface area contributed by atoms with Gasteiger partial charge in [0.25, 0.3) is 5.91 Å². The van der Waals surface area contributed by atoms with Gasteiger partial charge < -0.3 is 10.1 Å². The topological polar surface area (TPSA) is 62.1 Å². The minimum atomic E-state index is -0.464. The van der Waals surface area contributed by atoms with Crippen molar-refractivity contribution in [2.45, 2.75) is 6.92 Å². The summed E-state index contributed by atoms with van der Waals surface area (Å²) in [6, 6.07) is 16.6. The Balaban J connectivity index is 2.24. The van der Waals surface area contributed by atoms with Crippen LogP contribution in [0.2, 0.25) is 0 Å². The van der Waals surface area contributed by atoms with Crippen molar-refractivity contribution in [2.24, 2.45) is 0 Å². The van der Waals surface area contributed by atoms with Gasteiger partial charge in [-0.25, -0.2) is 0 Å². The SMILES string of the molecule is COc1cc(C)ccc1NC(=O)/C(C#N)=C/c1ccccc1. The second kappa shape index (κ2) is 7.09. The fourth-order valence-corrected chi connectivity index (χ4v) is 1.96. The van der Waals surface area contributed by atoms with E-state index in [0.29, 0.717) is 11.4 Å². The molecular formula is C18H16N2O2. The molecule has 0 spiro atoms. The number of ether oxygens (including phenoxy) is 1. The van der Waals surface area contributed by atoms with Crippen LogP contribution >= 0.6 is 0 Å². The normalized spacial score (nSPS) is 10.7. The van der Waals surface area contributed by atoms with E-state index in [1.165, 1.54) is 7.11 Å². The highest BCUT2D eigenvalue weighted by atomic mass is 16.5. The van der Waals surface area contributed by atoms with Crippen LogP contribution in [0.1, 0.15) is 11.1 Å². The largest absolute Gasteiger partial charge is 0.495 e. The number of methoxy groups -OCH3 is 1. The van der Waals surface area contributed by atoms with Crippen LogP contribution in [0.25, 0.3) is 6.08 Å². The summed E-state index contributed by atoms with van der Waals surface area (Å²) in [5, 5.41) is 11.9. The van der Waals surface area contributed by atoms with Crippen LogP contribution in [0, 0.1) is 18.3 Å². The summed E-state index contributed by atoms with van der Waals surface area (Å²) in [4.78, 5) is 12.2. The van der Waals surface area contributed by atoms with Gasteiger partial charge in [-0.15, -0.1) is 0 Å². The number of nitrogens with zero attached hydrogens (tertiary/aromatic N) is 1. The first-order chi connectivity index (χ1) is 10.6. The van der Waals surface area contributed by atoms with Crippen LogP contribution < -0.4 is 10.1 Å². The first-order valence-electron chi connectivity index (χ1n) is 6.77. The Labute approximate surface area is 129 Å². The number of benzene rings is 2. The Morgan fingerprint density at radius 1 is 1.23 bits per heavy atom. The van der Waals surface area contributed by atoms with E-state index in [0.717, 1.165) is 11.1 Å². The molecule has 22 heavy (non-hydrogen) atoms. The van der Waals surface area contributed by atoms with Crippen molar-refractivity contribution in [3.05, 3.63) is 65.2 Å². The van der Waals surface area contributed by atoms with Crippen LogP contribution in [0.15, 0.2) is 54.1 Å². The zero-order valence-electron chi connectivity index (χ0n) is 12.5. The summed E-state index contributed by atoms with van der Waals surface area (Å²) >= 11 is 0. The maximum atomic E-state index is 12.2. The summed E-state index contributed by atoms with van der Waals surface area (Å²) in [6.45, 7) is 1.93. The Morgan fingerprint density at radius 3 is 2.59 bits per heavy atom.